The zero-order valence-corrected chi connectivity index (χ0v) is 16.6. The van der Waals surface area contributed by atoms with Crippen LogP contribution in [0.4, 0.5) is 0 Å². The first kappa shape index (κ1) is 22.1. The molecule has 2 aromatic rings. The van der Waals surface area contributed by atoms with Gasteiger partial charge in [0.05, 0.1) is 11.6 Å². The first-order chi connectivity index (χ1) is 11.4. The highest BCUT2D eigenvalue weighted by Crippen LogP contribution is 2.24. The maximum Gasteiger partial charge on any atom is 0.152 e. The Morgan fingerprint density at radius 1 is 1.21 bits per heavy atom. The smallest absolute Gasteiger partial charge is 0.152 e. The Hall–Kier alpha value is -1.87. The summed E-state index contributed by atoms with van der Waals surface area (Å²) in [5.74, 6) is 0.907. The molecule has 2 nitrogen and oxygen atoms in total. The Bertz CT molecular complexity index is 606. The van der Waals surface area contributed by atoms with Crippen LogP contribution in [-0.2, 0) is 11.2 Å². The molecular formula is C21H27BrO2. The molecule has 0 saturated carbocycles. The Labute approximate surface area is 154 Å². The minimum absolute atomic E-state index is 0.0185. The molecule has 0 saturated heterocycles. The summed E-state index contributed by atoms with van der Waals surface area (Å²) >= 11 is 3.37. The van der Waals surface area contributed by atoms with E-state index in [1.54, 1.807) is 7.11 Å². The summed E-state index contributed by atoms with van der Waals surface area (Å²) in [6.07, 6.45) is 3.73. The van der Waals surface area contributed by atoms with Crippen molar-refractivity contribution < 1.29 is 9.53 Å². The highest BCUT2D eigenvalue weighted by atomic mass is 79.9. The lowest BCUT2D eigenvalue weighted by molar-refractivity contribution is -0.112. The molecular weight excluding hydrogens is 364 g/mol. The van der Waals surface area contributed by atoms with Crippen LogP contribution in [0, 0.1) is 6.92 Å². The predicted octanol–water partition coefficient (Wildman–Crippen LogP) is 6.17. The number of halogens is 1. The van der Waals surface area contributed by atoms with Crippen LogP contribution in [0.15, 0.2) is 65.7 Å². The van der Waals surface area contributed by atoms with Crippen LogP contribution in [0.1, 0.15) is 31.4 Å². The van der Waals surface area contributed by atoms with Crippen molar-refractivity contribution in [3.63, 3.8) is 0 Å². The number of benzene rings is 2. The summed E-state index contributed by atoms with van der Waals surface area (Å²) in [5, 5.41) is 0. The van der Waals surface area contributed by atoms with Crippen LogP contribution in [0.3, 0.4) is 0 Å². The monoisotopic (exact) mass is 390 g/mol. The van der Waals surface area contributed by atoms with Crippen molar-refractivity contribution in [1.82, 2.24) is 0 Å². The zero-order chi connectivity index (χ0) is 18.4. The number of methoxy groups -OCH3 is 1. The van der Waals surface area contributed by atoms with E-state index in [0.717, 1.165) is 10.2 Å². The number of hydrogen-bond acceptors (Lipinski definition) is 2. The van der Waals surface area contributed by atoms with Gasteiger partial charge in [0.1, 0.15) is 5.75 Å². The average molecular weight is 391 g/mol. The fraction of sp³-hybridized carbons (Fsp3) is 0.286. The number of ketones is 1. The summed E-state index contributed by atoms with van der Waals surface area (Å²) in [5.41, 5.74) is 2.65. The minimum atomic E-state index is 0.0185. The summed E-state index contributed by atoms with van der Waals surface area (Å²) in [6.45, 7) is 8.91. The largest absolute Gasteiger partial charge is 0.496 e. The molecule has 0 heterocycles. The number of carbonyl (C=O) groups excluding carboxylic acids is 1. The van der Waals surface area contributed by atoms with E-state index in [-0.39, 0.29) is 5.78 Å². The van der Waals surface area contributed by atoms with E-state index in [2.05, 4.69) is 59.8 Å². The standard InChI is InChI=1S/C9H12.C8H9BrO.C4H6O/c1-2-6-9-7-4-3-5-8-9;1-6-3-4-7(9)8(5-6)10-2;1-3-4(2)5/h3-5,7-8H,2,6H2,1H3;3-5H,1-2H3;3H,1H2,2H3. The Kier molecular flexibility index (Phi) is 12.5. The molecule has 3 heteroatoms. The molecule has 2 aromatic carbocycles. The van der Waals surface area contributed by atoms with E-state index in [0.29, 0.717) is 0 Å². The lowest BCUT2D eigenvalue weighted by Gasteiger charge is -2.02. The van der Waals surface area contributed by atoms with Gasteiger partial charge < -0.3 is 4.74 Å². The predicted molar refractivity (Wildman–Crippen MR) is 107 cm³/mol. The molecule has 0 aliphatic heterocycles. The Morgan fingerprint density at radius 3 is 2.21 bits per heavy atom. The van der Waals surface area contributed by atoms with Gasteiger partial charge in [-0.1, -0.05) is 56.3 Å². The summed E-state index contributed by atoms with van der Waals surface area (Å²) in [7, 11) is 1.67. The van der Waals surface area contributed by atoms with Crippen molar-refractivity contribution in [2.24, 2.45) is 0 Å². The molecule has 0 atom stereocenters. The Morgan fingerprint density at radius 2 is 1.79 bits per heavy atom. The van der Waals surface area contributed by atoms with Gasteiger partial charge >= 0.3 is 0 Å². The third-order valence-electron chi connectivity index (χ3n) is 2.98. The van der Waals surface area contributed by atoms with Crippen molar-refractivity contribution in [3.8, 4) is 5.75 Å². The van der Waals surface area contributed by atoms with Gasteiger partial charge in [0.2, 0.25) is 0 Å². The maximum atomic E-state index is 9.69. The summed E-state index contributed by atoms with van der Waals surface area (Å²) in [6, 6.07) is 16.6. The lowest BCUT2D eigenvalue weighted by Crippen LogP contribution is -1.84. The first-order valence-electron chi connectivity index (χ1n) is 7.91. The van der Waals surface area contributed by atoms with Crippen molar-refractivity contribution in [3.05, 3.63) is 76.8 Å². The molecule has 0 aliphatic carbocycles. The zero-order valence-electron chi connectivity index (χ0n) is 15.0. The molecule has 0 aromatic heterocycles. The molecule has 0 N–H and O–H groups in total. The number of allylic oxidation sites excluding steroid dienone is 1. The van der Waals surface area contributed by atoms with E-state index >= 15 is 0 Å². The number of hydrogen-bond donors (Lipinski definition) is 0. The van der Waals surface area contributed by atoms with Crippen LogP contribution < -0.4 is 4.74 Å². The second-order valence-corrected chi connectivity index (χ2v) is 6.04. The van der Waals surface area contributed by atoms with Gasteiger partial charge in [-0.25, -0.2) is 0 Å². The van der Waals surface area contributed by atoms with Crippen LogP contribution >= 0.6 is 15.9 Å². The Balaban J connectivity index is 0.000000351. The fourth-order valence-corrected chi connectivity index (χ4v) is 2.11. The minimum Gasteiger partial charge on any atom is -0.496 e. The van der Waals surface area contributed by atoms with Crippen LogP contribution in [0.2, 0.25) is 0 Å². The van der Waals surface area contributed by atoms with E-state index < -0.39 is 0 Å². The fourth-order valence-electron chi connectivity index (χ4n) is 1.70. The second kappa shape index (κ2) is 13.6. The molecule has 0 aliphatic rings. The molecule has 0 radical (unpaired) electrons. The van der Waals surface area contributed by atoms with Crippen molar-refractivity contribution in [2.75, 3.05) is 7.11 Å². The van der Waals surface area contributed by atoms with Gasteiger partial charge in [-0.15, -0.1) is 0 Å². The van der Waals surface area contributed by atoms with E-state index in [1.807, 2.05) is 25.1 Å². The molecule has 0 bridgehead atoms. The van der Waals surface area contributed by atoms with E-state index in [9.17, 15) is 4.79 Å². The summed E-state index contributed by atoms with van der Waals surface area (Å²) < 4.78 is 6.08. The molecule has 130 valence electrons. The molecule has 2 rings (SSSR count). The normalized spacial score (nSPS) is 8.88. The van der Waals surface area contributed by atoms with E-state index in [1.165, 1.54) is 37.0 Å². The average Bonchev–Trinajstić information content (AvgIpc) is 2.59. The molecule has 0 spiro atoms. The third kappa shape index (κ3) is 10.8. The maximum absolute atomic E-state index is 9.69. The van der Waals surface area contributed by atoms with Crippen LogP contribution in [0.25, 0.3) is 0 Å². The third-order valence-corrected chi connectivity index (χ3v) is 3.63. The van der Waals surface area contributed by atoms with Crippen LogP contribution in [-0.4, -0.2) is 12.9 Å². The highest BCUT2D eigenvalue weighted by molar-refractivity contribution is 9.10. The quantitative estimate of drug-likeness (QED) is 0.583. The van der Waals surface area contributed by atoms with Crippen LogP contribution in [0.5, 0.6) is 5.75 Å². The molecule has 0 unspecified atom stereocenters. The molecule has 0 amide bonds. The van der Waals surface area contributed by atoms with Gasteiger partial charge in [-0.3, -0.25) is 4.79 Å². The topological polar surface area (TPSA) is 26.3 Å². The lowest BCUT2D eigenvalue weighted by atomic mass is 10.1. The molecule has 24 heavy (non-hydrogen) atoms. The second-order valence-electron chi connectivity index (χ2n) is 5.19. The van der Waals surface area contributed by atoms with Gasteiger partial charge in [0.15, 0.2) is 5.78 Å². The van der Waals surface area contributed by atoms with Gasteiger partial charge in [-0.05, 0) is 65.5 Å². The van der Waals surface area contributed by atoms with Gasteiger partial charge in [0.25, 0.3) is 0 Å². The number of carbonyl (C=O) groups is 1. The molecule has 0 fully saturated rings. The van der Waals surface area contributed by atoms with Crippen molar-refractivity contribution in [2.45, 2.75) is 33.6 Å². The van der Waals surface area contributed by atoms with Gasteiger partial charge in [-0.2, -0.15) is 0 Å². The van der Waals surface area contributed by atoms with Crippen molar-refractivity contribution in [1.29, 1.82) is 0 Å². The first-order valence-corrected chi connectivity index (χ1v) is 8.70. The SMILES string of the molecule is C=CC(C)=O.CCCc1ccccc1.COc1cc(C)ccc1Br. The number of aryl methyl sites for hydroxylation is 2. The van der Waals surface area contributed by atoms with Gasteiger partial charge in [0, 0.05) is 0 Å². The highest BCUT2D eigenvalue weighted by Gasteiger charge is 1.96. The number of ether oxygens (including phenoxy) is 1. The number of rotatable bonds is 4. The van der Waals surface area contributed by atoms with E-state index in [4.69, 9.17) is 4.74 Å². The van der Waals surface area contributed by atoms with Crippen molar-refractivity contribution >= 4 is 21.7 Å². The summed E-state index contributed by atoms with van der Waals surface area (Å²) in [4.78, 5) is 9.69.